The molecule has 11 heteroatoms. The maximum atomic E-state index is 13.4. The number of carbonyl (C=O) groups excluding carboxylic acids is 1. The van der Waals surface area contributed by atoms with Crippen molar-refractivity contribution in [2.45, 2.75) is 43.8 Å². The summed E-state index contributed by atoms with van der Waals surface area (Å²) in [4.78, 5) is 17.7. The fraction of sp³-hybridized carbons (Fsp3) is 0.409. The molecule has 176 valence electrons. The van der Waals surface area contributed by atoms with E-state index in [2.05, 4.69) is 15.4 Å². The molecular formula is C22H26FN5O3S2. The first-order chi connectivity index (χ1) is 15.5. The van der Waals surface area contributed by atoms with Crippen molar-refractivity contribution in [1.29, 1.82) is 0 Å². The Bertz CT molecular complexity index is 1290. The molecule has 3 aromatic rings. The van der Waals surface area contributed by atoms with Crippen molar-refractivity contribution in [2.75, 3.05) is 23.1 Å². The number of carbonyl (C=O) groups is 1. The molecule has 1 saturated heterocycles. The number of rotatable bonds is 5. The SMILES string of the molecule is CSc1ncc(C(=O)Nc2cc(C(C)(C)C)nn2C2CCS(=O)(=O)C2)n1-c1ccc(F)cc1. The predicted octanol–water partition coefficient (Wildman–Crippen LogP) is 3.84. The molecule has 0 bridgehead atoms. The normalized spacial score (nSPS) is 17.9. The summed E-state index contributed by atoms with van der Waals surface area (Å²) < 4.78 is 40.9. The van der Waals surface area contributed by atoms with E-state index in [1.165, 1.54) is 30.1 Å². The predicted molar refractivity (Wildman–Crippen MR) is 126 cm³/mol. The van der Waals surface area contributed by atoms with Crippen LogP contribution in [-0.4, -0.2) is 51.4 Å². The van der Waals surface area contributed by atoms with Crippen molar-refractivity contribution in [3.63, 3.8) is 0 Å². The number of imidazole rings is 1. The molecule has 1 N–H and O–H groups in total. The Balaban J connectivity index is 1.71. The van der Waals surface area contributed by atoms with E-state index in [9.17, 15) is 17.6 Å². The number of aromatic nitrogens is 4. The lowest BCUT2D eigenvalue weighted by Gasteiger charge is -2.16. The van der Waals surface area contributed by atoms with E-state index in [-0.39, 0.29) is 34.5 Å². The second kappa shape index (κ2) is 8.60. The van der Waals surface area contributed by atoms with Gasteiger partial charge in [-0.15, -0.1) is 0 Å². The Morgan fingerprint density at radius 3 is 2.52 bits per heavy atom. The summed E-state index contributed by atoms with van der Waals surface area (Å²) in [5.41, 5.74) is 1.34. The van der Waals surface area contributed by atoms with Crippen molar-refractivity contribution < 1.29 is 17.6 Å². The van der Waals surface area contributed by atoms with Gasteiger partial charge in [-0.2, -0.15) is 5.10 Å². The third-order valence-corrected chi connectivity index (χ3v) is 7.93. The standard InChI is InChI=1S/C22H26FN5O3S2/c1-22(2,3)18-11-19(28(26-18)16-9-10-33(30,31)13-16)25-20(29)17-12-24-21(32-4)27(17)15-7-5-14(23)6-8-15/h5-8,11-12,16H,9-10,13H2,1-4H3,(H,25,29). The van der Waals surface area contributed by atoms with Gasteiger partial charge in [-0.1, -0.05) is 32.5 Å². The Labute approximate surface area is 196 Å². The topological polar surface area (TPSA) is 98.9 Å². The third-order valence-electron chi connectivity index (χ3n) is 5.53. The minimum Gasteiger partial charge on any atom is -0.305 e. The molecule has 1 amide bonds. The zero-order valence-corrected chi connectivity index (χ0v) is 20.5. The molecule has 33 heavy (non-hydrogen) atoms. The van der Waals surface area contributed by atoms with Crippen molar-refractivity contribution in [1.82, 2.24) is 19.3 Å². The van der Waals surface area contributed by atoms with Gasteiger partial charge in [0, 0.05) is 17.2 Å². The molecule has 1 fully saturated rings. The monoisotopic (exact) mass is 491 g/mol. The van der Waals surface area contributed by atoms with Crippen LogP contribution in [0.15, 0.2) is 41.7 Å². The van der Waals surface area contributed by atoms with Crippen molar-refractivity contribution in [2.24, 2.45) is 0 Å². The molecule has 0 spiro atoms. The van der Waals surface area contributed by atoms with Gasteiger partial charge in [0.05, 0.1) is 29.4 Å². The number of amides is 1. The lowest BCUT2D eigenvalue weighted by atomic mass is 9.92. The van der Waals surface area contributed by atoms with E-state index in [4.69, 9.17) is 0 Å². The fourth-order valence-corrected chi connectivity index (χ4v) is 6.00. The molecule has 4 rings (SSSR count). The van der Waals surface area contributed by atoms with Crippen molar-refractivity contribution in [3.05, 3.63) is 53.7 Å². The lowest BCUT2D eigenvalue weighted by molar-refractivity contribution is 0.101. The van der Waals surface area contributed by atoms with Gasteiger partial charge >= 0.3 is 0 Å². The average molecular weight is 492 g/mol. The molecule has 1 aliphatic heterocycles. The zero-order chi connectivity index (χ0) is 24.0. The van der Waals surface area contributed by atoms with E-state index in [1.54, 1.807) is 27.4 Å². The Kier molecular flexibility index (Phi) is 6.12. The fourth-order valence-electron chi connectivity index (χ4n) is 3.76. The Morgan fingerprint density at radius 1 is 1.24 bits per heavy atom. The number of thioether (sulfide) groups is 1. The first-order valence-corrected chi connectivity index (χ1v) is 13.5. The van der Waals surface area contributed by atoms with E-state index < -0.39 is 15.7 Å². The number of nitrogens with zero attached hydrogens (tertiary/aromatic N) is 4. The van der Waals surface area contributed by atoms with Gasteiger partial charge in [-0.3, -0.25) is 9.36 Å². The highest BCUT2D eigenvalue weighted by molar-refractivity contribution is 7.98. The summed E-state index contributed by atoms with van der Waals surface area (Å²) in [7, 11) is -3.13. The van der Waals surface area contributed by atoms with Gasteiger partial charge in [0.25, 0.3) is 5.91 Å². The van der Waals surface area contributed by atoms with Gasteiger partial charge in [0.2, 0.25) is 0 Å². The van der Waals surface area contributed by atoms with E-state index in [0.29, 0.717) is 23.1 Å². The molecule has 1 aliphatic rings. The highest BCUT2D eigenvalue weighted by Gasteiger charge is 2.33. The van der Waals surface area contributed by atoms with Crippen LogP contribution in [0.1, 0.15) is 49.4 Å². The number of benzene rings is 1. The van der Waals surface area contributed by atoms with E-state index in [0.717, 1.165) is 5.69 Å². The molecule has 2 aromatic heterocycles. The first kappa shape index (κ1) is 23.5. The number of nitrogens with one attached hydrogen (secondary N) is 1. The highest BCUT2D eigenvalue weighted by atomic mass is 32.2. The molecular weight excluding hydrogens is 465 g/mol. The molecule has 0 aliphatic carbocycles. The second-order valence-electron chi connectivity index (χ2n) is 9.06. The first-order valence-electron chi connectivity index (χ1n) is 10.5. The van der Waals surface area contributed by atoms with Crippen molar-refractivity contribution in [3.8, 4) is 5.69 Å². The quantitative estimate of drug-likeness (QED) is 0.545. The third kappa shape index (κ3) is 4.84. The summed E-state index contributed by atoms with van der Waals surface area (Å²) in [6, 6.07) is 7.26. The number of anilines is 1. The van der Waals surface area contributed by atoms with Gasteiger partial charge in [0.15, 0.2) is 15.0 Å². The molecule has 0 saturated carbocycles. The van der Waals surface area contributed by atoms with Crippen LogP contribution in [0.5, 0.6) is 0 Å². The summed E-state index contributed by atoms with van der Waals surface area (Å²) in [6.07, 6.45) is 3.76. The highest BCUT2D eigenvalue weighted by Crippen LogP contribution is 2.31. The lowest BCUT2D eigenvalue weighted by Crippen LogP contribution is -2.21. The summed E-state index contributed by atoms with van der Waals surface area (Å²) >= 11 is 1.36. The molecule has 1 unspecified atom stereocenters. The van der Waals surface area contributed by atoms with Crippen LogP contribution >= 0.6 is 11.8 Å². The molecule has 3 heterocycles. The number of hydrogen-bond acceptors (Lipinski definition) is 6. The van der Waals surface area contributed by atoms with Crippen LogP contribution in [0, 0.1) is 5.82 Å². The van der Waals surface area contributed by atoms with Crippen LogP contribution in [0.25, 0.3) is 5.69 Å². The van der Waals surface area contributed by atoms with Crippen LogP contribution in [0.2, 0.25) is 0 Å². The van der Waals surface area contributed by atoms with Crippen LogP contribution in [0.4, 0.5) is 10.2 Å². The molecule has 1 aromatic carbocycles. The molecule has 1 atom stereocenters. The van der Waals surface area contributed by atoms with E-state index in [1.807, 2.05) is 27.0 Å². The smallest absolute Gasteiger partial charge is 0.275 e. The maximum absolute atomic E-state index is 13.4. The average Bonchev–Trinajstić information content (AvgIpc) is 3.44. The van der Waals surface area contributed by atoms with Gasteiger partial charge in [-0.05, 0) is 36.9 Å². The van der Waals surface area contributed by atoms with Gasteiger partial charge in [-0.25, -0.2) is 22.5 Å². The van der Waals surface area contributed by atoms with E-state index >= 15 is 0 Å². The number of halogens is 1. The van der Waals surface area contributed by atoms with Crippen LogP contribution in [-0.2, 0) is 15.3 Å². The Hall–Kier alpha value is -2.66. The summed E-state index contributed by atoms with van der Waals surface area (Å²) in [5, 5.41) is 8.14. The second-order valence-corrected chi connectivity index (χ2v) is 12.1. The summed E-state index contributed by atoms with van der Waals surface area (Å²) in [5.74, 6) is -0.269. The Morgan fingerprint density at radius 2 is 1.94 bits per heavy atom. The zero-order valence-electron chi connectivity index (χ0n) is 18.9. The molecule has 8 nitrogen and oxygen atoms in total. The number of hydrogen-bond donors (Lipinski definition) is 1. The maximum Gasteiger partial charge on any atom is 0.275 e. The summed E-state index contributed by atoms with van der Waals surface area (Å²) in [6.45, 7) is 6.01. The van der Waals surface area contributed by atoms with Gasteiger partial charge < -0.3 is 5.32 Å². The number of sulfone groups is 1. The van der Waals surface area contributed by atoms with Crippen LogP contribution in [0.3, 0.4) is 0 Å². The minimum atomic E-state index is -3.13. The van der Waals surface area contributed by atoms with Crippen molar-refractivity contribution >= 4 is 33.3 Å². The van der Waals surface area contributed by atoms with Crippen LogP contribution < -0.4 is 5.32 Å². The minimum absolute atomic E-state index is 0.00866. The largest absolute Gasteiger partial charge is 0.305 e. The molecule has 0 radical (unpaired) electrons. The van der Waals surface area contributed by atoms with Gasteiger partial charge in [0.1, 0.15) is 17.3 Å².